The summed E-state index contributed by atoms with van der Waals surface area (Å²) in [7, 11) is 0. The van der Waals surface area contributed by atoms with Crippen LogP contribution >= 0.6 is 0 Å². The van der Waals surface area contributed by atoms with E-state index in [1.165, 1.54) is 25.7 Å². The van der Waals surface area contributed by atoms with Gasteiger partial charge in [-0.15, -0.1) is 0 Å². The van der Waals surface area contributed by atoms with Crippen molar-refractivity contribution >= 4 is 47.3 Å². The molecule has 0 aliphatic carbocycles. The van der Waals surface area contributed by atoms with Crippen molar-refractivity contribution in [1.82, 2.24) is 36.8 Å². The summed E-state index contributed by atoms with van der Waals surface area (Å²) < 4.78 is 0. The summed E-state index contributed by atoms with van der Waals surface area (Å²) in [5, 5.41) is 44.6. The third kappa shape index (κ3) is 16.9. The van der Waals surface area contributed by atoms with Gasteiger partial charge in [0.1, 0.15) is 42.3 Å². The summed E-state index contributed by atoms with van der Waals surface area (Å²) in [4.78, 5) is 105. The molecule has 57 heavy (non-hydrogen) atoms. The highest BCUT2D eigenvalue weighted by atomic mass is 16.4. The molecule has 21 heteroatoms. The largest absolute Gasteiger partial charge is 0.480 e. The summed E-state index contributed by atoms with van der Waals surface area (Å²) >= 11 is 0. The smallest absolute Gasteiger partial charge is 0.326 e. The molecule has 15 N–H and O–H groups in total. The Kier molecular flexibility index (Phi) is 22.8. The number of unbranched alkanes of at least 4 members (excludes halogenated alkanes) is 2. The highest BCUT2D eigenvalue weighted by Gasteiger charge is 2.39. The molecular formula is C36H66N10O11. The van der Waals surface area contributed by atoms with Gasteiger partial charge in [0.25, 0.3) is 0 Å². The van der Waals surface area contributed by atoms with Crippen molar-refractivity contribution in [2.45, 2.75) is 147 Å². The zero-order chi connectivity index (χ0) is 43.4. The van der Waals surface area contributed by atoms with Gasteiger partial charge in [-0.05, 0) is 91.1 Å². The Morgan fingerprint density at radius 3 is 1.79 bits per heavy atom. The molecular weight excluding hydrogens is 748 g/mol. The molecule has 1 aliphatic rings. The predicted octanol–water partition coefficient (Wildman–Crippen LogP) is -3.98. The maximum atomic E-state index is 13.5. The van der Waals surface area contributed by atoms with Gasteiger partial charge in [0.15, 0.2) is 0 Å². The fourth-order valence-corrected chi connectivity index (χ4v) is 6.02. The number of carboxylic acids is 1. The number of aliphatic hydroxyl groups is 2. The summed E-state index contributed by atoms with van der Waals surface area (Å²) in [5.74, 6) is -7.04. The van der Waals surface area contributed by atoms with Crippen molar-refractivity contribution in [1.29, 1.82) is 0 Å². The van der Waals surface area contributed by atoms with Crippen LogP contribution in [0.3, 0.4) is 0 Å². The molecule has 1 heterocycles. The van der Waals surface area contributed by atoms with Crippen LogP contribution in [0.15, 0.2) is 0 Å². The molecule has 326 valence electrons. The first-order valence-electron chi connectivity index (χ1n) is 19.6. The van der Waals surface area contributed by atoms with E-state index in [-0.39, 0.29) is 25.8 Å². The number of nitrogens with one attached hydrogen (secondary N) is 6. The van der Waals surface area contributed by atoms with Gasteiger partial charge in [-0.3, -0.25) is 33.6 Å². The van der Waals surface area contributed by atoms with Crippen LogP contribution in [-0.2, 0) is 38.4 Å². The molecule has 0 aromatic rings. The van der Waals surface area contributed by atoms with Gasteiger partial charge >= 0.3 is 5.97 Å². The number of hydrogen-bond acceptors (Lipinski definition) is 13. The Morgan fingerprint density at radius 1 is 0.702 bits per heavy atom. The van der Waals surface area contributed by atoms with Crippen LogP contribution < -0.4 is 49.1 Å². The minimum atomic E-state index is -1.59. The predicted molar refractivity (Wildman–Crippen MR) is 207 cm³/mol. The number of aliphatic hydroxyl groups excluding tert-OH is 2. The van der Waals surface area contributed by atoms with Crippen molar-refractivity contribution < 1.29 is 53.7 Å². The van der Waals surface area contributed by atoms with E-state index in [0.717, 1.165) is 0 Å². The van der Waals surface area contributed by atoms with Gasteiger partial charge in [0.05, 0.1) is 18.8 Å². The summed E-state index contributed by atoms with van der Waals surface area (Å²) in [6.07, 6.45) is 0.877. The number of carboxylic acid groups (broad SMARTS) is 1. The van der Waals surface area contributed by atoms with Crippen LogP contribution in [0.1, 0.15) is 92.4 Å². The minimum Gasteiger partial charge on any atom is -0.480 e. The highest BCUT2D eigenvalue weighted by molar-refractivity contribution is 5.97. The van der Waals surface area contributed by atoms with Crippen LogP contribution in [0.4, 0.5) is 0 Å². The molecule has 7 amide bonds. The number of carbonyl (C=O) groups excluding carboxylic acids is 7. The van der Waals surface area contributed by atoms with Gasteiger partial charge in [0, 0.05) is 6.54 Å². The van der Waals surface area contributed by atoms with E-state index in [4.69, 9.17) is 17.2 Å². The standard InChI is InChI=1S/C36H66N10O11/c1-6-19(2)28(44-26(49)18-40-31(51)23(12-7-9-15-37)42-32(52)27(39)21(4)47)33(53)45-29(22(5)48)34(54)41-20(3)30(50)43-24(13-8-10-16-38)35(55)46-17-11-14-25(46)36(56)57/h19-25,27-29,47-48H,6-18,37-39H2,1-5H3,(H,40,51)(H,41,54)(H,42,52)(H,43,50)(H,44,49)(H,45,53)(H,56,57)/t19-,20-,21+,22+,23-,24-,25-,27-,28-,29-/m0/s1. The van der Waals surface area contributed by atoms with Crippen molar-refractivity contribution in [3.05, 3.63) is 0 Å². The number of hydrogen-bond donors (Lipinski definition) is 12. The molecule has 0 bridgehead atoms. The molecule has 0 aromatic heterocycles. The summed E-state index contributed by atoms with van der Waals surface area (Å²) in [6, 6.07) is -8.60. The number of rotatable bonds is 26. The van der Waals surface area contributed by atoms with Crippen LogP contribution in [0.25, 0.3) is 0 Å². The van der Waals surface area contributed by atoms with E-state index >= 15 is 0 Å². The van der Waals surface area contributed by atoms with E-state index in [2.05, 4.69) is 31.9 Å². The third-order valence-corrected chi connectivity index (χ3v) is 9.83. The number of nitrogens with zero attached hydrogens (tertiary/aromatic N) is 1. The lowest BCUT2D eigenvalue weighted by Crippen LogP contribution is -2.61. The minimum absolute atomic E-state index is 0.170. The second kappa shape index (κ2) is 25.7. The van der Waals surface area contributed by atoms with E-state index < -0.39 is 114 Å². The quantitative estimate of drug-likeness (QED) is 0.0371. The van der Waals surface area contributed by atoms with Crippen LogP contribution in [0.2, 0.25) is 0 Å². The molecule has 21 nitrogen and oxygen atoms in total. The maximum absolute atomic E-state index is 13.5. The molecule has 0 radical (unpaired) electrons. The van der Waals surface area contributed by atoms with Gasteiger partial charge in [-0.25, -0.2) is 4.79 Å². The Hall–Kier alpha value is -4.44. The number of aliphatic carboxylic acids is 1. The zero-order valence-electron chi connectivity index (χ0n) is 33.8. The Bertz CT molecular complexity index is 1370. The number of carbonyl (C=O) groups is 8. The number of amides is 7. The lowest BCUT2D eigenvalue weighted by atomic mass is 9.97. The normalized spacial score (nSPS) is 18.6. The van der Waals surface area contributed by atoms with Crippen molar-refractivity contribution in [3.8, 4) is 0 Å². The van der Waals surface area contributed by atoms with Gasteiger partial charge in [-0.1, -0.05) is 20.3 Å². The molecule has 10 atom stereocenters. The van der Waals surface area contributed by atoms with Gasteiger partial charge in [0.2, 0.25) is 41.4 Å². The Balaban J connectivity index is 3.00. The maximum Gasteiger partial charge on any atom is 0.326 e. The topological polar surface area (TPSA) is 351 Å². The summed E-state index contributed by atoms with van der Waals surface area (Å²) in [6.45, 7) is 7.61. The molecule has 0 saturated carbocycles. The van der Waals surface area contributed by atoms with Crippen molar-refractivity contribution in [3.63, 3.8) is 0 Å². The molecule has 1 rings (SSSR count). The number of nitrogens with two attached hydrogens (primary N) is 3. The van der Waals surface area contributed by atoms with Gasteiger partial charge in [-0.2, -0.15) is 0 Å². The molecule has 1 aliphatic heterocycles. The summed E-state index contributed by atoms with van der Waals surface area (Å²) in [5.41, 5.74) is 16.8. The second-order valence-corrected chi connectivity index (χ2v) is 14.6. The van der Waals surface area contributed by atoms with E-state index in [9.17, 15) is 53.7 Å². The zero-order valence-corrected chi connectivity index (χ0v) is 33.8. The Labute approximate surface area is 333 Å². The van der Waals surface area contributed by atoms with Crippen LogP contribution in [0, 0.1) is 5.92 Å². The Morgan fingerprint density at radius 2 is 1.26 bits per heavy atom. The van der Waals surface area contributed by atoms with Crippen molar-refractivity contribution in [2.24, 2.45) is 23.1 Å². The van der Waals surface area contributed by atoms with Crippen LogP contribution in [0.5, 0.6) is 0 Å². The second-order valence-electron chi connectivity index (χ2n) is 14.6. The highest BCUT2D eigenvalue weighted by Crippen LogP contribution is 2.20. The third-order valence-electron chi connectivity index (χ3n) is 9.83. The molecule has 1 saturated heterocycles. The molecule has 0 unspecified atom stereocenters. The lowest BCUT2D eigenvalue weighted by Gasteiger charge is -2.29. The molecule has 0 spiro atoms. The van der Waals surface area contributed by atoms with E-state index in [1.807, 2.05) is 0 Å². The first-order chi connectivity index (χ1) is 26.8. The van der Waals surface area contributed by atoms with E-state index in [1.54, 1.807) is 13.8 Å². The van der Waals surface area contributed by atoms with E-state index in [0.29, 0.717) is 51.6 Å². The first kappa shape index (κ1) is 50.6. The average Bonchev–Trinajstić information content (AvgIpc) is 3.66. The van der Waals surface area contributed by atoms with Crippen LogP contribution in [-0.4, -0.2) is 148 Å². The fourth-order valence-electron chi connectivity index (χ4n) is 6.02. The number of likely N-dealkylation sites (tertiary alicyclic amines) is 1. The average molecular weight is 815 g/mol. The first-order valence-corrected chi connectivity index (χ1v) is 19.6. The fraction of sp³-hybridized carbons (Fsp3) is 0.778. The lowest BCUT2D eigenvalue weighted by molar-refractivity contribution is -0.149. The monoisotopic (exact) mass is 814 g/mol. The van der Waals surface area contributed by atoms with Crippen molar-refractivity contribution in [2.75, 3.05) is 26.2 Å². The van der Waals surface area contributed by atoms with Gasteiger partial charge < -0.3 is 69.3 Å². The SMILES string of the molecule is CC[C@H](C)[C@H](NC(=O)CNC(=O)[C@H](CCCCN)NC(=O)[C@@H](N)[C@@H](C)O)C(=O)N[C@H](C(=O)N[C@@H](C)C(=O)N[C@@H](CCCCN)C(=O)N1CCC[C@H]1C(=O)O)[C@@H](C)O. The molecule has 0 aromatic carbocycles. The molecule has 1 fully saturated rings.